The zero-order valence-corrected chi connectivity index (χ0v) is 17.4. The van der Waals surface area contributed by atoms with E-state index >= 15 is 0 Å². The number of hydrogen-bond acceptors (Lipinski definition) is 5. The fourth-order valence-corrected chi connectivity index (χ4v) is 3.54. The minimum absolute atomic E-state index is 0.244. The molecule has 1 aromatic heterocycles. The molecule has 1 heterocycles. The van der Waals surface area contributed by atoms with Gasteiger partial charge in [-0.1, -0.05) is 20.3 Å². The molecule has 7 heteroatoms. The molecule has 150 valence electrons. The molecule has 2 aromatic rings. The van der Waals surface area contributed by atoms with Crippen LogP contribution in [0.4, 0.5) is 5.69 Å². The Hall–Kier alpha value is -1.86. The summed E-state index contributed by atoms with van der Waals surface area (Å²) in [6, 6.07) is 7.25. The van der Waals surface area contributed by atoms with Crippen molar-refractivity contribution in [2.75, 3.05) is 18.4 Å². The van der Waals surface area contributed by atoms with Crippen molar-refractivity contribution < 1.29 is 12.8 Å². The van der Waals surface area contributed by atoms with Crippen LogP contribution < -0.4 is 15.7 Å². The number of fused-ring (bicyclic) bond motifs is 1. The number of benzene rings is 1. The Bertz CT molecular complexity index is 917. The van der Waals surface area contributed by atoms with Crippen LogP contribution in [0, 0.1) is 0 Å². The summed E-state index contributed by atoms with van der Waals surface area (Å²) in [5.41, 5.74) is 2.33. The van der Waals surface area contributed by atoms with Crippen LogP contribution >= 0.6 is 0 Å². The summed E-state index contributed by atoms with van der Waals surface area (Å²) in [5, 5.41) is 3.93. The van der Waals surface area contributed by atoms with Gasteiger partial charge in [0.2, 0.25) is 10.0 Å². The molecular formula is C20H30N2O4S. The summed E-state index contributed by atoms with van der Waals surface area (Å²) < 4.78 is 31.3. The van der Waals surface area contributed by atoms with Crippen molar-refractivity contribution in [2.45, 2.75) is 58.1 Å². The van der Waals surface area contributed by atoms with E-state index in [-0.39, 0.29) is 11.5 Å². The molecule has 2 rings (SSSR count). The molecule has 0 aliphatic carbocycles. The molecule has 0 fully saturated rings. The third-order valence-electron chi connectivity index (χ3n) is 4.48. The first-order valence-electron chi connectivity index (χ1n) is 9.51. The monoisotopic (exact) mass is 394 g/mol. The molecular weight excluding hydrogens is 364 g/mol. The van der Waals surface area contributed by atoms with E-state index in [1.165, 1.54) is 6.07 Å². The molecule has 27 heavy (non-hydrogen) atoms. The maximum absolute atomic E-state index is 11.7. The Morgan fingerprint density at radius 1 is 1.00 bits per heavy atom. The zero-order valence-electron chi connectivity index (χ0n) is 16.5. The predicted octanol–water partition coefficient (Wildman–Crippen LogP) is 3.83. The molecule has 0 radical (unpaired) electrons. The quantitative estimate of drug-likeness (QED) is 0.472. The van der Waals surface area contributed by atoms with Gasteiger partial charge in [0.15, 0.2) is 0 Å². The second kappa shape index (κ2) is 9.37. The molecule has 0 amide bonds. The maximum Gasteiger partial charge on any atom is 0.336 e. The lowest BCUT2D eigenvalue weighted by molar-refractivity contribution is 0.554. The Morgan fingerprint density at radius 3 is 2.37 bits per heavy atom. The molecule has 0 atom stereocenters. The Labute approximate surface area is 161 Å². The molecule has 0 unspecified atom stereocenters. The summed E-state index contributed by atoms with van der Waals surface area (Å²) in [4.78, 5) is 11.5. The molecule has 0 saturated carbocycles. The van der Waals surface area contributed by atoms with E-state index in [2.05, 4.69) is 23.9 Å². The minimum Gasteiger partial charge on any atom is -0.422 e. The fraction of sp³-hybridized carbons (Fsp3) is 0.550. The van der Waals surface area contributed by atoms with Crippen molar-refractivity contribution in [2.24, 2.45) is 0 Å². The molecule has 0 saturated heterocycles. The number of anilines is 1. The molecule has 6 nitrogen and oxygen atoms in total. The highest BCUT2D eigenvalue weighted by Crippen LogP contribution is 2.28. The van der Waals surface area contributed by atoms with Crippen LogP contribution in [-0.2, 0) is 10.0 Å². The third kappa shape index (κ3) is 6.07. The van der Waals surface area contributed by atoms with Crippen LogP contribution in [0.2, 0.25) is 0 Å². The zero-order chi connectivity index (χ0) is 20.0. The van der Waals surface area contributed by atoms with Gasteiger partial charge in [0, 0.05) is 35.8 Å². The van der Waals surface area contributed by atoms with Crippen molar-refractivity contribution >= 4 is 26.7 Å². The second-order valence-electron chi connectivity index (χ2n) is 7.37. The third-order valence-corrected chi connectivity index (χ3v) is 6.32. The SMILES string of the molecule is CC(C)c1cc(NCCCCCNS(=O)(=O)C(C)C)cc2ccc(=O)oc12. The lowest BCUT2D eigenvalue weighted by atomic mass is 9.99. The lowest BCUT2D eigenvalue weighted by Gasteiger charge is -2.13. The predicted molar refractivity (Wildman–Crippen MR) is 111 cm³/mol. The Kier molecular flexibility index (Phi) is 7.44. The van der Waals surface area contributed by atoms with E-state index < -0.39 is 15.3 Å². The Morgan fingerprint density at radius 2 is 1.70 bits per heavy atom. The largest absolute Gasteiger partial charge is 0.422 e. The molecule has 0 bridgehead atoms. The van der Waals surface area contributed by atoms with Crippen LogP contribution in [0.15, 0.2) is 33.5 Å². The normalized spacial score (nSPS) is 12.2. The van der Waals surface area contributed by atoms with Gasteiger partial charge in [-0.3, -0.25) is 0 Å². The summed E-state index contributed by atoms with van der Waals surface area (Å²) in [6.45, 7) is 8.77. The number of unbranched alkanes of at least 4 members (excludes halogenated alkanes) is 2. The summed E-state index contributed by atoms with van der Waals surface area (Å²) in [7, 11) is -3.17. The van der Waals surface area contributed by atoms with Crippen LogP contribution in [0.3, 0.4) is 0 Å². The fourth-order valence-electron chi connectivity index (χ4n) is 2.78. The topological polar surface area (TPSA) is 88.4 Å². The number of nitrogens with one attached hydrogen (secondary N) is 2. The first-order valence-corrected chi connectivity index (χ1v) is 11.1. The number of rotatable bonds is 10. The highest BCUT2D eigenvalue weighted by Gasteiger charge is 2.14. The molecule has 0 spiro atoms. The smallest absolute Gasteiger partial charge is 0.336 e. The first kappa shape index (κ1) is 21.4. The van der Waals surface area contributed by atoms with E-state index in [1.54, 1.807) is 19.9 Å². The summed E-state index contributed by atoms with van der Waals surface area (Å²) in [6.07, 6.45) is 2.70. The van der Waals surface area contributed by atoms with Crippen molar-refractivity contribution in [3.8, 4) is 0 Å². The summed E-state index contributed by atoms with van der Waals surface area (Å²) >= 11 is 0. The molecule has 1 aromatic carbocycles. The van der Waals surface area contributed by atoms with Gasteiger partial charge >= 0.3 is 5.63 Å². The van der Waals surface area contributed by atoms with Crippen LogP contribution in [-0.4, -0.2) is 26.8 Å². The Balaban J connectivity index is 1.87. The van der Waals surface area contributed by atoms with Crippen LogP contribution in [0.5, 0.6) is 0 Å². The van der Waals surface area contributed by atoms with E-state index in [9.17, 15) is 13.2 Å². The van der Waals surface area contributed by atoms with Crippen molar-refractivity contribution in [1.82, 2.24) is 4.72 Å². The molecule has 2 N–H and O–H groups in total. The van der Waals surface area contributed by atoms with Gasteiger partial charge < -0.3 is 9.73 Å². The molecule has 0 aliphatic heterocycles. The van der Waals surface area contributed by atoms with Gasteiger partial charge in [0.25, 0.3) is 0 Å². The summed E-state index contributed by atoms with van der Waals surface area (Å²) in [5.74, 6) is 0.244. The number of sulfonamides is 1. The van der Waals surface area contributed by atoms with Gasteiger partial charge in [-0.2, -0.15) is 0 Å². The highest BCUT2D eigenvalue weighted by molar-refractivity contribution is 7.90. The van der Waals surface area contributed by atoms with Gasteiger partial charge in [0.1, 0.15) is 5.58 Å². The van der Waals surface area contributed by atoms with Crippen LogP contribution in [0.1, 0.15) is 58.4 Å². The van der Waals surface area contributed by atoms with E-state index in [0.717, 1.165) is 42.4 Å². The van der Waals surface area contributed by atoms with Gasteiger partial charge in [0.05, 0.1) is 5.25 Å². The van der Waals surface area contributed by atoms with E-state index in [0.29, 0.717) is 12.1 Å². The minimum atomic E-state index is -3.17. The average Bonchev–Trinajstić information content (AvgIpc) is 2.60. The van der Waals surface area contributed by atoms with E-state index in [4.69, 9.17) is 4.42 Å². The van der Waals surface area contributed by atoms with E-state index in [1.807, 2.05) is 12.1 Å². The average molecular weight is 395 g/mol. The van der Waals surface area contributed by atoms with Crippen LogP contribution in [0.25, 0.3) is 11.0 Å². The van der Waals surface area contributed by atoms with Crippen molar-refractivity contribution in [3.63, 3.8) is 0 Å². The second-order valence-corrected chi connectivity index (χ2v) is 9.69. The van der Waals surface area contributed by atoms with Crippen molar-refractivity contribution in [1.29, 1.82) is 0 Å². The first-order chi connectivity index (χ1) is 12.7. The lowest BCUT2D eigenvalue weighted by Crippen LogP contribution is -2.31. The van der Waals surface area contributed by atoms with Crippen molar-refractivity contribution in [3.05, 3.63) is 40.2 Å². The van der Waals surface area contributed by atoms with Gasteiger partial charge in [-0.25, -0.2) is 17.9 Å². The number of hydrogen-bond donors (Lipinski definition) is 2. The van der Waals surface area contributed by atoms with Gasteiger partial charge in [-0.05, 0) is 50.8 Å². The molecule has 0 aliphatic rings. The van der Waals surface area contributed by atoms with Gasteiger partial charge in [-0.15, -0.1) is 0 Å². The maximum atomic E-state index is 11.7. The standard InChI is InChI=1S/C20H30N2O4S/c1-14(2)18-13-17(12-16-8-9-19(23)26-20(16)18)21-10-6-5-7-11-22-27(24,25)15(3)4/h8-9,12-15,21-22H,5-7,10-11H2,1-4H3. The highest BCUT2D eigenvalue weighted by atomic mass is 32.2.